The van der Waals surface area contributed by atoms with Crippen molar-refractivity contribution in [3.8, 4) is 12.3 Å². The second-order valence-electron chi connectivity index (χ2n) is 5.09. The van der Waals surface area contributed by atoms with E-state index in [0.717, 1.165) is 19.3 Å². The Labute approximate surface area is 108 Å². The summed E-state index contributed by atoms with van der Waals surface area (Å²) in [5.41, 5.74) is 0. The predicted octanol–water partition coefficient (Wildman–Crippen LogP) is 0.915. The number of amides is 2. The fourth-order valence-electron chi connectivity index (χ4n) is 2.56. The van der Waals surface area contributed by atoms with Crippen molar-refractivity contribution in [1.82, 2.24) is 10.2 Å². The average Bonchev–Trinajstić information content (AvgIpc) is 3.17. The molecule has 2 atom stereocenters. The third-order valence-corrected chi connectivity index (χ3v) is 3.73. The van der Waals surface area contributed by atoms with Crippen LogP contribution in [0, 0.1) is 18.3 Å². The minimum atomic E-state index is -0.315. The van der Waals surface area contributed by atoms with Gasteiger partial charge in [0, 0.05) is 13.0 Å². The first kappa shape index (κ1) is 12.9. The lowest BCUT2D eigenvalue weighted by atomic mass is 10.0. The van der Waals surface area contributed by atoms with Crippen LogP contribution >= 0.6 is 0 Å². The molecule has 2 unspecified atom stereocenters. The van der Waals surface area contributed by atoms with E-state index in [4.69, 9.17) is 6.42 Å². The van der Waals surface area contributed by atoms with E-state index in [1.54, 1.807) is 4.90 Å². The van der Waals surface area contributed by atoms with Crippen molar-refractivity contribution < 1.29 is 9.59 Å². The highest BCUT2D eigenvalue weighted by atomic mass is 16.2. The van der Waals surface area contributed by atoms with Crippen molar-refractivity contribution in [2.24, 2.45) is 5.92 Å². The van der Waals surface area contributed by atoms with Crippen LogP contribution in [0.2, 0.25) is 0 Å². The van der Waals surface area contributed by atoms with Crippen LogP contribution < -0.4 is 5.32 Å². The Balaban J connectivity index is 2.06. The summed E-state index contributed by atoms with van der Waals surface area (Å²) < 4.78 is 0. The molecule has 1 saturated carbocycles. The van der Waals surface area contributed by atoms with Gasteiger partial charge in [-0.2, -0.15) is 0 Å². The molecule has 98 valence electrons. The fourth-order valence-corrected chi connectivity index (χ4v) is 2.56. The molecule has 1 aliphatic carbocycles. The van der Waals surface area contributed by atoms with Crippen LogP contribution in [0.5, 0.6) is 0 Å². The maximum atomic E-state index is 12.4. The number of unbranched alkanes of at least 4 members (excludes halogenated alkanes) is 1. The van der Waals surface area contributed by atoms with Gasteiger partial charge in [0.25, 0.3) is 0 Å². The SMILES string of the molecule is C#CCCCN1C(=O)C(C2CC2)NC(=O)C1CC. The quantitative estimate of drug-likeness (QED) is 0.581. The topological polar surface area (TPSA) is 49.4 Å². The zero-order chi connectivity index (χ0) is 13.1. The van der Waals surface area contributed by atoms with Gasteiger partial charge in [-0.05, 0) is 31.6 Å². The summed E-state index contributed by atoms with van der Waals surface area (Å²) in [4.78, 5) is 26.1. The van der Waals surface area contributed by atoms with Crippen LogP contribution in [-0.4, -0.2) is 35.3 Å². The Kier molecular flexibility index (Phi) is 3.90. The third-order valence-electron chi connectivity index (χ3n) is 3.73. The molecule has 2 aliphatic rings. The number of rotatable bonds is 5. The van der Waals surface area contributed by atoms with Gasteiger partial charge in [-0.1, -0.05) is 6.92 Å². The number of nitrogens with zero attached hydrogens (tertiary/aromatic N) is 1. The van der Waals surface area contributed by atoms with Crippen LogP contribution in [0.1, 0.15) is 39.0 Å². The van der Waals surface area contributed by atoms with E-state index in [1.165, 1.54) is 0 Å². The summed E-state index contributed by atoms with van der Waals surface area (Å²) in [5.74, 6) is 3.01. The first-order valence-corrected chi connectivity index (χ1v) is 6.73. The summed E-state index contributed by atoms with van der Waals surface area (Å²) in [5, 5.41) is 2.88. The number of carbonyl (C=O) groups excluding carboxylic acids is 2. The van der Waals surface area contributed by atoms with Crippen LogP contribution in [-0.2, 0) is 9.59 Å². The predicted molar refractivity (Wildman–Crippen MR) is 68.5 cm³/mol. The number of carbonyl (C=O) groups is 2. The highest BCUT2D eigenvalue weighted by Gasteiger charge is 2.45. The molecule has 1 heterocycles. The zero-order valence-corrected chi connectivity index (χ0v) is 10.8. The first-order valence-electron chi connectivity index (χ1n) is 6.73. The third kappa shape index (κ3) is 2.50. The monoisotopic (exact) mass is 248 g/mol. The summed E-state index contributed by atoms with van der Waals surface area (Å²) >= 11 is 0. The summed E-state index contributed by atoms with van der Waals surface area (Å²) in [6, 6.07) is -0.601. The van der Waals surface area contributed by atoms with Crippen molar-refractivity contribution >= 4 is 11.8 Å². The maximum Gasteiger partial charge on any atom is 0.246 e. The molecule has 0 bridgehead atoms. The molecule has 1 saturated heterocycles. The van der Waals surface area contributed by atoms with E-state index in [0.29, 0.717) is 25.3 Å². The minimum Gasteiger partial charge on any atom is -0.342 e. The van der Waals surface area contributed by atoms with Crippen molar-refractivity contribution in [3.63, 3.8) is 0 Å². The molecule has 4 heteroatoms. The molecule has 0 spiro atoms. The Hall–Kier alpha value is -1.50. The normalized spacial score (nSPS) is 27.9. The van der Waals surface area contributed by atoms with Crippen LogP contribution in [0.25, 0.3) is 0 Å². The van der Waals surface area contributed by atoms with E-state index < -0.39 is 0 Å². The van der Waals surface area contributed by atoms with Gasteiger partial charge in [0.05, 0.1) is 0 Å². The summed E-state index contributed by atoms with van der Waals surface area (Å²) in [6.07, 6.45) is 9.39. The van der Waals surface area contributed by atoms with Gasteiger partial charge >= 0.3 is 0 Å². The van der Waals surface area contributed by atoms with Gasteiger partial charge < -0.3 is 10.2 Å². The first-order chi connectivity index (χ1) is 8.69. The number of hydrogen-bond acceptors (Lipinski definition) is 2. The molecule has 2 amide bonds. The molecule has 0 aromatic carbocycles. The van der Waals surface area contributed by atoms with Crippen LogP contribution in [0.4, 0.5) is 0 Å². The van der Waals surface area contributed by atoms with Gasteiger partial charge in [-0.15, -0.1) is 12.3 Å². The number of hydrogen-bond donors (Lipinski definition) is 1. The van der Waals surface area contributed by atoms with E-state index in [-0.39, 0.29) is 23.9 Å². The summed E-state index contributed by atoms with van der Waals surface area (Å²) in [7, 11) is 0. The van der Waals surface area contributed by atoms with Gasteiger partial charge in [0.2, 0.25) is 11.8 Å². The van der Waals surface area contributed by atoms with Gasteiger partial charge in [-0.3, -0.25) is 9.59 Å². The highest BCUT2D eigenvalue weighted by molar-refractivity contribution is 5.97. The lowest BCUT2D eigenvalue weighted by Crippen LogP contribution is -2.63. The maximum absolute atomic E-state index is 12.4. The van der Waals surface area contributed by atoms with E-state index in [9.17, 15) is 9.59 Å². The van der Waals surface area contributed by atoms with Crippen LogP contribution in [0.15, 0.2) is 0 Å². The highest BCUT2D eigenvalue weighted by Crippen LogP contribution is 2.35. The van der Waals surface area contributed by atoms with E-state index in [1.807, 2.05) is 6.92 Å². The van der Waals surface area contributed by atoms with E-state index in [2.05, 4.69) is 11.2 Å². The Bertz CT molecular complexity index is 382. The van der Waals surface area contributed by atoms with Crippen molar-refractivity contribution in [1.29, 1.82) is 0 Å². The molecular weight excluding hydrogens is 228 g/mol. The second kappa shape index (κ2) is 5.43. The van der Waals surface area contributed by atoms with Crippen molar-refractivity contribution in [3.05, 3.63) is 0 Å². The minimum absolute atomic E-state index is 0.00490. The van der Waals surface area contributed by atoms with Gasteiger partial charge in [-0.25, -0.2) is 0 Å². The number of nitrogens with one attached hydrogen (secondary N) is 1. The van der Waals surface area contributed by atoms with Gasteiger partial charge in [0.15, 0.2) is 0 Å². The van der Waals surface area contributed by atoms with Crippen LogP contribution in [0.3, 0.4) is 0 Å². The fraction of sp³-hybridized carbons (Fsp3) is 0.714. The Morgan fingerprint density at radius 3 is 2.72 bits per heavy atom. The molecule has 2 rings (SSSR count). The van der Waals surface area contributed by atoms with Gasteiger partial charge in [0.1, 0.15) is 12.1 Å². The molecule has 0 aromatic heterocycles. The molecule has 2 fully saturated rings. The molecule has 18 heavy (non-hydrogen) atoms. The zero-order valence-electron chi connectivity index (χ0n) is 10.8. The second-order valence-corrected chi connectivity index (χ2v) is 5.09. The largest absolute Gasteiger partial charge is 0.342 e. The lowest BCUT2D eigenvalue weighted by Gasteiger charge is -2.38. The summed E-state index contributed by atoms with van der Waals surface area (Å²) in [6.45, 7) is 2.53. The molecule has 0 aromatic rings. The van der Waals surface area contributed by atoms with E-state index >= 15 is 0 Å². The molecule has 1 aliphatic heterocycles. The Morgan fingerprint density at radius 2 is 2.17 bits per heavy atom. The Morgan fingerprint density at radius 1 is 1.44 bits per heavy atom. The van der Waals surface area contributed by atoms with Crippen molar-refractivity contribution in [2.45, 2.75) is 51.1 Å². The average molecular weight is 248 g/mol. The number of piperazine rings is 1. The molecule has 1 N–H and O–H groups in total. The number of terminal acetylenes is 1. The molecule has 0 radical (unpaired) electrons. The lowest BCUT2D eigenvalue weighted by molar-refractivity contribution is -0.150. The van der Waals surface area contributed by atoms with Crippen molar-refractivity contribution in [2.75, 3.05) is 6.54 Å². The standard InChI is InChI=1S/C14H20N2O2/c1-3-5-6-9-16-11(4-2)13(17)15-12(14(16)18)10-7-8-10/h1,10-12H,4-9H2,2H3,(H,15,17). The smallest absolute Gasteiger partial charge is 0.246 e. The molecular formula is C14H20N2O2. The molecule has 4 nitrogen and oxygen atoms in total.